The van der Waals surface area contributed by atoms with Gasteiger partial charge in [-0.2, -0.15) is 5.10 Å². The van der Waals surface area contributed by atoms with Crippen LogP contribution in [-0.2, 0) is 16.6 Å². The average Bonchev–Trinajstić information content (AvgIpc) is 2.73. The van der Waals surface area contributed by atoms with Gasteiger partial charge in [0, 0.05) is 5.56 Å². The van der Waals surface area contributed by atoms with Gasteiger partial charge in [-0.05, 0) is 42.3 Å². The molecule has 30 heavy (non-hydrogen) atoms. The zero-order valence-electron chi connectivity index (χ0n) is 16.8. The number of rotatable bonds is 7. The summed E-state index contributed by atoms with van der Waals surface area (Å²) >= 11 is 0. The summed E-state index contributed by atoms with van der Waals surface area (Å²) in [6, 6.07) is 23.4. The van der Waals surface area contributed by atoms with E-state index in [-0.39, 0.29) is 12.5 Å². The Kier molecular flexibility index (Phi) is 6.64. The molecule has 0 radical (unpaired) electrons. The molecule has 0 aliphatic carbocycles. The van der Waals surface area contributed by atoms with Crippen LogP contribution in [-0.4, -0.2) is 26.8 Å². The first-order chi connectivity index (χ1) is 14.3. The van der Waals surface area contributed by atoms with Crippen LogP contribution in [0.4, 0.5) is 5.69 Å². The Morgan fingerprint density at radius 1 is 0.967 bits per heavy atom. The van der Waals surface area contributed by atoms with E-state index in [9.17, 15) is 13.2 Å². The van der Waals surface area contributed by atoms with Gasteiger partial charge in [-0.1, -0.05) is 60.2 Å². The summed E-state index contributed by atoms with van der Waals surface area (Å²) in [7, 11) is -3.45. The fourth-order valence-electron chi connectivity index (χ4n) is 2.80. The molecule has 0 fully saturated rings. The van der Waals surface area contributed by atoms with Crippen LogP contribution >= 0.6 is 0 Å². The maximum absolute atomic E-state index is 12.3. The molecule has 0 saturated heterocycles. The first-order valence-electron chi connectivity index (χ1n) is 9.35. The first kappa shape index (κ1) is 21.3. The monoisotopic (exact) mass is 421 g/mol. The summed E-state index contributed by atoms with van der Waals surface area (Å²) in [4.78, 5) is 12.3. The molecule has 3 aromatic carbocycles. The molecular formula is C23H23N3O3S. The predicted molar refractivity (Wildman–Crippen MR) is 120 cm³/mol. The van der Waals surface area contributed by atoms with Crippen molar-refractivity contribution in [1.82, 2.24) is 5.43 Å². The third kappa shape index (κ3) is 5.78. The van der Waals surface area contributed by atoms with Gasteiger partial charge < -0.3 is 0 Å². The van der Waals surface area contributed by atoms with Gasteiger partial charge in [0.15, 0.2) is 0 Å². The van der Waals surface area contributed by atoms with Crippen molar-refractivity contribution in [3.8, 4) is 0 Å². The molecule has 1 N–H and O–H groups in total. The molecule has 0 heterocycles. The number of carbonyl (C=O) groups is 1. The summed E-state index contributed by atoms with van der Waals surface area (Å²) in [6.07, 6.45) is 2.75. The van der Waals surface area contributed by atoms with E-state index in [0.29, 0.717) is 11.3 Å². The van der Waals surface area contributed by atoms with Gasteiger partial charge in [0.2, 0.25) is 10.0 Å². The van der Waals surface area contributed by atoms with Crippen molar-refractivity contribution in [3.05, 3.63) is 101 Å². The van der Waals surface area contributed by atoms with Gasteiger partial charge in [0.25, 0.3) is 5.91 Å². The number of hydrogen-bond acceptors (Lipinski definition) is 4. The average molecular weight is 422 g/mol. The molecule has 7 heteroatoms. The second-order valence-corrected chi connectivity index (χ2v) is 8.82. The van der Waals surface area contributed by atoms with E-state index >= 15 is 0 Å². The van der Waals surface area contributed by atoms with Gasteiger partial charge in [-0.15, -0.1) is 0 Å². The molecule has 3 rings (SSSR count). The van der Waals surface area contributed by atoms with E-state index < -0.39 is 10.0 Å². The number of amides is 1. The highest BCUT2D eigenvalue weighted by Gasteiger charge is 2.17. The van der Waals surface area contributed by atoms with Gasteiger partial charge in [0.05, 0.1) is 24.7 Å². The molecule has 154 valence electrons. The Hall–Kier alpha value is -3.45. The van der Waals surface area contributed by atoms with Crippen LogP contribution in [0.15, 0.2) is 84.0 Å². The summed E-state index contributed by atoms with van der Waals surface area (Å²) < 4.78 is 25.7. The third-order valence-corrected chi connectivity index (χ3v) is 5.58. The molecule has 0 bridgehead atoms. The fourth-order valence-corrected chi connectivity index (χ4v) is 3.69. The molecule has 3 aromatic rings. The number of para-hydroxylation sites is 1. The number of carbonyl (C=O) groups excluding carboxylic acids is 1. The summed E-state index contributed by atoms with van der Waals surface area (Å²) in [5.41, 5.74) is 6.33. The topological polar surface area (TPSA) is 78.8 Å². The zero-order chi connectivity index (χ0) is 21.6. The minimum atomic E-state index is -3.45. The Bertz CT molecular complexity index is 1120. The largest absolute Gasteiger partial charge is 0.271 e. The minimum Gasteiger partial charge on any atom is -0.267 e. The van der Waals surface area contributed by atoms with Crippen LogP contribution in [0.25, 0.3) is 0 Å². The highest BCUT2D eigenvalue weighted by molar-refractivity contribution is 7.92. The van der Waals surface area contributed by atoms with Crippen molar-refractivity contribution in [2.24, 2.45) is 5.10 Å². The van der Waals surface area contributed by atoms with Crippen molar-refractivity contribution in [2.75, 3.05) is 10.6 Å². The van der Waals surface area contributed by atoms with Crippen LogP contribution in [0, 0.1) is 6.92 Å². The molecule has 0 atom stereocenters. The zero-order valence-corrected chi connectivity index (χ0v) is 17.6. The minimum absolute atomic E-state index is 0.177. The molecule has 6 nitrogen and oxygen atoms in total. The van der Waals surface area contributed by atoms with Gasteiger partial charge >= 0.3 is 0 Å². The highest BCUT2D eigenvalue weighted by atomic mass is 32.2. The number of hydrazone groups is 1. The maximum atomic E-state index is 12.3. The smallest absolute Gasteiger partial charge is 0.267 e. The summed E-state index contributed by atoms with van der Waals surface area (Å²) in [5, 5.41) is 3.98. The SMILES string of the molecule is Cc1ccc(C=NNC(=O)c2ccc(CN(c3ccccc3)S(C)(=O)=O)cc2)cc1. The van der Waals surface area contributed by atoms with Crippen LogP contribution < -0.4 is 9.73 Å². The number of nitrogens with one attached hydrogen (secondary N) is 1. The summed E-state index contributed by atoms with van der Waals surface area (Å²) in [5.74, 6) is -0.340. The number of benzene rings is 3. The second-order valence-electron chi connectivity index (χ2n) is 6.91. The van der Waals surface area contributed by atoms with Crippen LogP contribution in [0.1, 0.15) is 27.0 Å². The lowest BCUT2D eigenvalue weighted by Crippen LogP contribution is -2.29. The molecule has 0 aromatic heterocycles. The number of anilines is 1. The van der Waals surface area contributed by atoms with E-state index in [1.54, 1.807) is 54.7 Å². The Morgan fingerprint density at radius 2 is 1.60 bits per heavy atom. The first-order valence-corrected chi connectivity index (χ1v) is 11.2. The number of nitrogens with zero attached hydrogens (tertiary/aromatic N) is 2. The van der Waals surface area contributed by atoms with Crippen LogP contribution in [0.5, 0.6) is 0 Å². The number of hydrogen-bond donors (Lipinski definition) is 1. The molecule has 0 aliphatic heterocycles. The molecular weight excluding hydrogens is 398 g/mol. The predicted octanol–water partition coefficient (Wildman–Crippen LogP) is 3.73. The van der Waals surface area contributed by atoms with Crippen molar-refractivity contribution in [2.45, 2.75) is 13.5 Å². The maximum Gasteiger partial charge on any atom is 0.271 e. The molecule has 0 saturated carbocycles. The fraction of sp³-hybridized carbons (Fsp3) is 0.130. The highest BCUT2D eigenvalue weighted by Crippen LogP contribution is 2.20. The summed E-state index contributed by atoms with van der Waals surface area (Å²) in [6.45, 7) is 2.18. The molecule has 1 amide bonds. The Morgan fingerprint density at radius 3 is 2.20 bits per heavy atom. The number of sulfonamides is 1. The van der Waals surface area contributed by atoms with Crippen LogP contribution in [0.3, 0.4) is 0 Å². The van der Waals surface area contributed by atoms with E-state index in [2.05, 4.69) is 10.5 Å². The van der Waals surface area contributed by atoms with E-state index in [1.807, 2.05) is 37.3 Å². The second kappa shape index (κ2) is 9.37. The van der Waals surface area contributed by atoms with Gasteiger partial charge in [-0.3, -0.25) is 9.10 Å². The van der Waals surface area contributed by atoms with Crippen molar-refractivity contribution in [3.63, 3.8) is 0 Å². The quantitative estimate of drug-likeness (QED) is 0.466. The lowest BCUT2D eigenvalue weighted by atomic mass is 10.1. The van der Waals surface area contributed by atoms with Gasteiger partial charge in [0.1, 0.15) is 0 Å². The molecule has 0 unspecified atom stereocenters. The van der Waals surface area contributed by atoms with Crippen molar-refractivity contribution in [1.29, 1.82) is 0 Å². The molecule has 0 aliphatic rings. The standard InChI is InChI=1S/C23H23N3O3S/c1-18-8-10-19(11-9-18)16-24-25-23(27)21-14-12-20(13-15-21)17-26(30(2,28)29)22-6-4-3-5-7-22/h3-16H,17H2,1-2H3,(H,25,27). The number of aryl methyl sites for hydroxylation is 1. The lowest BCUT2D eigenvalue weighted by molar-refractivity contribution is 0.0955. The van der Waals surface area contributed by atoms with Gasteiger partial charge in [-0.25, -0.2) is 13.8 Å². The Balaban J connectivity index is 1.66. The lowest BCUT2D eigenvalue weighted by Gasteiger charge is -2.22. The van der Waals surface area contributed by atoms with Crippen molar-refractivity contribution < 1.29 is 13.2 Å². The van der Waals surface area contributed by atoms with E-state index in [4.69, 9.17) is 0 Å². The van der Waals surface area contributed by atoms with Crippen molar-refractivity contribution >= 4 is 27.8 Å². The van der Waals surface area contributed by atoms with E-state index in [1.165, 1.54) is 10.6 Å². The van der Waals surface area contributed by atoms with E-state index in [0.717, 1.165) is 16.7 Å². The van der Waals surface area contributed by atoms with Crippen LogP contribution in [0.2, 0.25) is 0 Å². The third-order valence-electron chi connectivity index (χ3n) is 4.44. The normalized spacial score (nSPS) is 11.4. The Labute approximate surface area is 176 Å². The molecule has 0 spiro atoms.